The molecule has 2 heteroatoms. The Bertz CT molecular complexity index is 1200. The number of carbonyl (C=O) groups excluding carboxylic acids is 1. The van der Waals surface area contributed by atoms with Crippen LogP contribution in [0.1, 0.15) is 38.2 Å². The molecule has 0 N–H and O–H groups in total. The Kier molecular flexibility index (Phi) is 9.20. The molecule has 0 fully saturated rings. The van der Waals surface area contributed by atoms with Gasteiger partial charge in [0, 0.05) is 17.1 Å². The molecule has 1 nitrogen and oxygen atoms in total. The summed E-state index contributed by atoms with van der Waals surface area (Å²) in [5, 5.41) is 0. The van der Waals surface area contributed by atoms with Crippen LogP contribution >= 0.6 is 0 Å². The van der Waals surface area contributed by atoms with Crippen LogP contribution < -0.4 is 0 Å². The van der Waals surface area contributed by atoms with E-state index in [0.29, 0.717) is 0 Å². The largest absolute Gasteiger partial charge is 0.748 e. The molecule has 0 saturated heterocycles. The van der Waals surface area contributed by atoms with Crippen molar-refractivity contribution in [3.8, 4) is 0 Å². The van der Waals surface area contributed by atoms with Crippen molar-refractivity contribution in [1.29, 1.82) is 0 Å². The van der Waals surface area contributed by atoms with Gasteiger partial charge < -0.3 is 34.6 Å². The van der Waals surface area contributed by atoms with Gasteiger partial charge in [-0.3, -0.25) is 0 Å². The maximum Gasteiger partial charge on any atom is 0.112 e. The Morgan fingerprint density at radius 1 is 0.667 bits per heavy atom. The number of hydrogen-bond acceptors (Lipinski definition) is 1. The van der Waals surface area contributed by atoms with Crippen LogP contribution in [0.4, 0.5) is 0 Å². The summed E-state index contributed by atoms with van der Waals surface area (Å²) < 4.78 is 0. The first-order chi connectivity index (χ1) is 15.8. The zero-order valence-corrected chi connectivity index (χ0v) is 19.5. The van der Waals surface area contributed by atoms with Crippen molar-refractivity contribution in [3.63, 3.8) is 0 Å². The molecule has 0 unspecified atom stereocenters. The molecule has 0 aliphatic rings. The minimum absolute atomic E-state index is 0. The zero-order chi connectivity index (χ0) is 22.0. The summed E-state index contributed by atoms with van der Waals surface area (Å²) in [6.45, 7) is 0. The van der Waals surface area contributed by atoms with Gasteiger partial charge in [0.1, 0.15) is 5.78 Å². The maximum atomic E-state index is 12.3. The minimum Gasteiger partial charge on any atom is -0.748 e. The molecule has 5 rings (SSSR count). The maximum absolute atomic E-state index is 12.3. The fraction of sp³-hybridized carbons (Fsp3) is 0.0645. The van der Waals surface area contributed by atoms with Crippen molar-refractivity contribution < 1.29 is 21.9 Å². The van der Waals surface area contributed by atoms with E-state index < -0.39 is 0 Å². The molecule has 0 aromatic heterocycles. The molecular weight excluding hydrogens is 444 g/mol. The predicted molar refractivity (Wildman–Crippen MR) is 132 cm³/mol. The van der Waals surface area contributed by atoms with Crippen LogP contribution in [-0.2, 0) is 29.9 Å². The average Bonchev–Trinajstić information content (AvgIpc) is 3.53. The molecule has 0 radical (unpaired) electrons. The first-order valence-electron chi connectivity index (χ1n) is 10.9. The number of ketones is 1. The molecule has 0 aliphatic heterocycles. The monoisotopic (exact) mass is 470 g/mol. The van der Waals surface area contributed by atoms with Crippen molar-refractivity contribution in [2.75, 3.05) is 0 Å². The van der Waals surface area contributed by atoms with E-state index in [-0.39, 0.29) is 22.9 Å². The molecule has 0 atom stereocenters. The molecule has 0 heterocycles. The van der Waals surface area contributed by atoms with E-state index in [9.17, 15) is 4.79 Å². The van der Waals surface area contributed by atoms with E-state index in [1.165, 1.54) is 22.3 Å². The second kappa shape index (κ2) is 12.6. The van der Waals surface area contributed by atoms with Crippen molar-refractivity contribution in [2.45, 2.75) is 12.8 Å². The van der Waals surface area contributed by atoms with Gasteiger partial charge in [-0.2, -0.15) is 18.1 Å². The fourth-order valence-corrected chi connectivity index (χ4v) is 3.70. The molecule has 5 aromatic carbocycles. The van der Waals surface area contributed by atoms with Crippen molar-refractivity contribution >= 4 is 5.78 Å². The van der Waals surface area contributed by atoms with Crippen LogP contribution in [0.2, 0.25) is 0 Å². The van der Waals surface area contributed by atoms with E-state index >= 15 is 0 Å². The molecule has 0 bridgehead atoms. The summed E-state index contributed by atoms with van der Waals surface area (Å²) in [5.74, 6) is 0.0879. The summed E-state index contributed by atoms with van der Waals surface area (Å²) in [7, 11) is 0. The number of rotatable bonds is 6. The minimum atomic E-state index is 0. The van der Waals surface area contributed by atoms with E-state index in [1.807, 2.05) is 66.7 Å². The second-order valence-corrected chi connectivity index (χ2v) is 7.82. The second-order valence-electron chi connectivity index (χ2n) is 7.82. The molecular formula is C31H26FeO-6. The molecule has 170 valence electrons. The fourth-order valence-electron chi connectivity index (χ4n) is 3.70. The Morgan fingerprint density at radius 2 is 1.21 bits per heavy atom. The summed E-state index contributed by atoms with van der Waals surface area (Å²) in [5.41, 5.74) is 6.71. The van der Waals surface area contributed by atoms with Gasteiger partial charge in [-0.1, -0.05) is 113 Å². The van der Waals surface area contributed by atoms with Gasteiger partial charge in [0.05, 0.1) is 0 Å². The van der Waals surface area contributed by atoms with Gasteiger partial charge in [0.25, 0.3) is 0 Å². The zero-order valence-electron chi connectivity index (χ0n) is 18.4. The predicted octanol–water partition coefficient (Wildman–Crippen LogP) is 7.22. The molecule has 0 aliphatic carbocycles. The van der Waals surface area contributed by atoms with E-state index in [2.05, 4.69) is 66.7 Å². The van der Waals surface area contributed by atoms with Crippen molar-refractivity contribution in [3.05, 3.63) is 167 Å². The Hall–Kier alpha value is -3.45. The molecule has 33 heavy (non-hydrogen) atoms. The Morgan fingerprint density at radius 3 is 1.82 bits per heavy atom. The third kappa shape index (κ3) is 7.29. The standard InChI is InChI=1S/C19H15O.C12H11.Fe/c20-19(17-9-5-2-6-10-17)18-12-11-16(14-18)13-15-7-3-1-4-8-15;1-2-6-11(7-3-1)10-12-8-4-5-9-12;/h1-12,14H,13H2;1-9H,10H2;/q-1;-5;. The van der Waals surface area contributed by atoms with Crippen LogP contribution in [0, 0.1) is 0 Å². The summed E-state index contributed by atoms with van der Waals surface area (Å²) in [6, 6.07) is 44.6. The van der Waals surface area contributed by atoms with Crippen molar-refractivity contribution in [1.82, 2.24) is 0 Å². The summed E-state index contributed by atoms with van der Waals surface area (Å²) in [6.07, 6.45) is 1.91. The third-order valence-corrected chi connectivity index (χ3v) is 5.35. The first kappa shape index (κ1) is 24.2. The van der Waals surface area contributed by atoms with E-state index in [4.69, 9.17) is 0 Å². The number of benzene rings is 3. The average molecular weight is 470 g/mol. The normalized spacial score (nSPS) is 9.94. The molecule has 5 aromatic rings. The van der Waals surface area contributed by atoms with Gasteiger partial charge in [0.2, 0.25) is 0 Å². The van der Waals surface area contributed by atoms with Crippen LogP contribution in [0.15, 0.2) is 133 Å². The quantitative estimate of drug-likeness (QED) is 0.145. The third-order valence-electron chi connectivity index (χ3n) is 5.35. The smallest absolute Gasteiger partial charge is 0.112 e. The van der Waals surface area contributed by atoms with Crippen molar-refractivity contribution in [2.24, 2.45) is 0 Å². The summed E-state index contributed by atoms with van der Waals surface area (Å²) in [4.78, 5) is 12.3. The Balaban J connectivity index is 0.000000202. The Labute approximate surface area is 206 Å². The van der Waals surface area contributed by atoms with Gasteiger partial charge >= 0.3 is 0 Å². The van der Waals surface area contributed by atoms with Crippen LogP contribution in [0.3, 0.4) is 0 Å². The van der Waals surface area contributed by atoms with Gasteiger partial charge in [-0.05, 0) is 6.42 Å². The van der Waals surface area contributed by atoms with E-state index in [1.54, 1.807) is 0 Å². The molecule has 0 amide bonds. The number of hydrogen-bond donors (Lipinski definition) is 0. The van der Waals surface area contributed by atoms with Gasteiger partial charge in [-0.15, -0.1) is 12.1 Å². The first-order valence-corrected chi connectivity index (χ1v) is 10.9. The van der Waals surface area contributed by atoms with Gasteiger partial charge in [-0.25, -0.2) is 0 Å². The van der Waals surface area contributed by atoms with E-state index in [0.717, 1.165) is 24.0 Å². The molecule has 0 spiro atoms. The number of carbonyl (C=O) groups is 1. The van der Waals surface area contributed by atoms with Gasteiger partial charge in [0.15, 0.2) is 0 Å². The SMILES string of the molecule is O=C(c1ccccc1)[c-]1ccc(Cc2ccccc2)c1.[Fe].c1ccc(C[c-]2[cH-][cH-][cH-][cH-]2)cc1. The van der Waals surface area contributed by atoms with Crippen LogP contribution in [-0.4, -0.2) is 5.78 Å². The van der Waals surface area contributed by atoms with Crippen LogP contribution in [0.5, 0.6) is 0 Å². The van der Waals surface area contributed by atoms with Crippen LogP contribution in [0.25, 0.3) is 0 Å². The topological polar surface area (TPSA) is 17.1 Å². The summed E-state index contributed by atoms with van der Waals surface area (Å²) >= 11 is 0. The molecule has 0 saturated carbocycles.